The topological polar surface area (TPSA) is 9.23 Å². The lowest BCUT2D eigenvalue weighted by molar-refractivity contribution is 0.0272. The number of rotatable bonds is 3. The van der Waals surface area contributed by atoms with Crippen LogP contribution in [0.5, 0.6) is 0 Å². The van der Waals surface area contributed by atoms with E-state index in [0.717, 1.165) is 25.0 Å². The van der Waals surface area contributed by atoms with Crippen molar-refractivity contribution in [2.45, 2.75) is 26.7 Å². The average Bonchev–Trinajstić information content (AvgIpc) is 2.17. The van der Waals surface area contributed by atoms with Crippen molar-refractivity contribution < 1.29 is 4.74 Å². The molecule has 0 bridgehead atoms. The molecule has 0 aromatic rings. The Bertz CT molecular complexity index is 136. The van der Waals surface area contributed by atoms with Crippen LogP contribution in [0.2, 0.25) is 0 Å². The van der Waals surface area contributed by atoms with Crippen molar-refractivity contribution in [2.75, 3.05) is 13.2 Å². The zero-order chi connectivity index (χ0) is 8.97. The minimum absolute atomic E-state index is 0.622. The third-order valence-electron chi connectivity index (χ3n) is 3.14. The molecule has 0 saturated carbocycles. The number of hydrogen-bond acceptors (Lipinski definition) is 1. The van der Waals surface area contributed by atoms with Crippen molar-refractivity contribution in [1.82, 2.24) is 0 Å². The van der Waals surface area contributed by atoms with Crippen LogP contribution < -0.4 is 0 Å². The monoisotopic (exact) mass is 168 g/mol. The van der Waals surface area contributed by atoms with E-state index in [4.69, 9.17) is 4.74 Å². The molecule has 0 aromatic carbocycles. The molecule has 1 fully saturated rings. The number of hydrogen-bond donors (Lipinski definition) is 0. The fourth-order valence-electron chi connectivity index (χ4n) is 1.82. The van der Waals surface area contributed by atoms with Crippen LogP contribution >= 0.6 is 0 Å². The van der Waals surface area contributed by atoms with Gasteiger partial charge in [-0.3, -0.25) is 0 Å². The molecule has 3 atom stereocenters. The van der Waals surface area contributed by atoms with Crippen molar-refractivity contribution in [2.24, 2.45) is 17.8 Å². The molecule has 1 rings (SSSR count). The fourth-order valence-corrected chi connectivity index (χ4v) is 1.82. The van der Waals surface area contributed by atoms with E-state index in [2.05, 4.69) is 26.5 Å². The van der Waals surface area contributed by atoms with Gasteiger partial charge < -0.3 is 4.74 Å². The Morgan fingerprint density at radius 3 is 2.75 bits per heavy atom. The van der Waals surface area contributed by atoms with Crippen LogP contribution in [-0.2, 0) is 4.74 Å². The Morgan fingerprint density at radius 2 is 2.25 bits per heavy atom. The third kappa shape index (κ3) is 2.34. The molecule has 12 heavy (non-hydrogen) atoms. The van der Waals surface area contributed by atoms with Crippen molar-refractivity contribution >= 4 is 0 Å². The van der Waals surface area contributed by atoms with Gasteiger partial charge in [-0.25, -0.2) is 0 Å². The second kappa shape index (κ2) is 4.66. The zero-order valence-electron chi connectivity index (χ0n) is 8.25. The lowest BCUT2D eigenvalue weighted by Crippen LogP contribution is -2.26. The predicted molar refractivity (Wildman–Crippen MR) is 52.1 cm³/mol. The van der Waals surface area contributed by atoms with Crippen LogP contribution in [0.4, 0.5) is 0 Å². The van der Waals surface area contributed by atoms with Crippen molar-refractivity contribution in [3.63, 3.8) is 0 Å². The van der Waals surface area contributed by atoms with E-state index in [9.17, 15) is 0 Å². The minimum atomic E-state index is 0.622. The molecule has 70 valence electrons. The summed E-state index contributed by atoms with van der Waals surface area (Å²) in [5, 5.41) is 0. The maximum Gasteiger partial charge on any atom is 0.0497 e. The first-order valence-corrected chi connectivity index (χ1v) is 4.96. The van der Waals surface area contributed by atoms with E-state index in [1.807, 2.05) is 0 Å². The smallest absolute Gasteiger partial charge is 0.0497 e. The first-order valence-electron chi connectivity index (χ1n) is 4.96. The van der Waals surface area contributed by atoms with Crippen LogP contribution in [0.15, 0.2) is 12.7 Å². The summed E-state index contributed by atoms with van der Waals surface area (Å²) in [6.45, 7) is 10.3. The maximum atomic E-state index is 5.46. The standard InChI is InChI=1S/C11H20O/c1-4-9(2)10(3)11-6-5-7-12-8-11/h4,9-11H,1,5-8H2,2-3H3. The van der Waals surface area contributed by atoms with E-state index in [0.29, 0.717) is 5.92 Å². The normalized spacial score (nSPS) is 29.3. The molecule has 1 heterocycles. The maximum absolute atomic E-state index is 5.46. The predicted octanol–water partition coefficient (Wildman–Crippen LogP) is 2.87. The summed E-state index contributed by atoms with van der Waals surface area (Å²) >= 11 is 0. The van der Waals surface area contributed by atoms with E-state index in [-0.39, 0.29) is 0 Å². The largest absolute Gasteiger partial charge is 0.381 e. The summed E-state index contributed by atoms with van der Waals surface area (Å²) in [4.78, 5) is 0. The summed E-state index contributed by atoms with van der Waals surface area (Å²) in [7, 11) is 0. The molecule has 3 unspecified atom stereocenters. The molecule has 1 aliphatic rings. The fraction of sp³-hybridized carbons (Fsp3) is 0.818. The number of ether oxygens (including phenoxy) is 1. The molecule has 0 aromatic heterocycles. The molecule has 0 amide bonds. The van der Waals surface area contributed by atoms with E-state index >= 15 is 0 Å². The van der Waals surface area contributed by atoms with E-state index in [1.165, 1.54) is 12.8 Å². The zero-order valence-corrected chi connectivity index (χ0v) is 8.25. The van der Waals surface area contributed by atoms with Crippen LogP contribution in [0, 0.1) is 17.8 Å². The third-order valence-corrected chi connectivity index (χ3v) is 3.14. The van der Waals surface area contributed by atoms with Crippen molar-refractivity contribution in [1.29, 1.82) is 0 Å². The van der Waals surface area contributed by atoms with Gasteiger partial charge in [0.15, 0.2) is 0 Å². The van der Waals surface area contributed by atoms with E-state index in [1.54, 1.807) is 0 Å². The minimum Gasteiger partial charge on any atom is -0.381 e. The Hall–Kier alpha value is -0.300. The van der Waals surface area contributed by atoms with Gasteiger partial charge in [0.2, 0.25) is 0 Å². The van der Waals surface area contributed by atoms with Crippen LogP contribution in [0.3, 0.4) is 0 Å². The molecule has 1 saturated heterocycles. The molecule has 1 aliphatic heterocycles. The highest BCUT2D eigenvalue weighted by Gasteiger charge is 2.23. The van der Waals surface area contributed by atoms with Gasteiger partial charge in [-0.15, -0.1) is 6.58 Å². The highest BCUT2D eigenvalue weighted by molar-refractivity contribution is 4.83. The lowest BCUT2D eigenvalue weighted by atomic mass is 9.81. The summed E-state index contributed by atoms with van der Waals surface area (Å²) < 4.78 is 5.46. The molecule has 0 aliphatic carbocycles. The summed E-state index contributed by atoms with van der Waals surface area (Å²) in [6.07, 6.45) is 4.62. The van der Waals surface area contributed by atoms with Gasteiger partial charge in [-0.05, 0) is 30.6 Å². The Labute approximate surface area is 75.8 Å². The molecule has 0 N–H and O–H groups in total. The van der Waals surface area contributed by atoms with Gasteiger partial charge in [-0.1, -0.05) is 19.9 Å². The quantitative estimate of drug-likeness (QED) is 0.589. The highest BCUT2D eigenvalue weighted by Crippen LogP contribution is 2.28. The molecule has 1 heteroatoms. The second-order valence-corrected chi connectivity index (χ2v) is 3.93. The lowest BCUT2D eigenvalue weighted by Gasteiger charge is -2.30. The van der Waals surface area contributed by atoms with E-state index < -0.39 is 0 Å². The van der Waals surface area contributed by atoms with Gasteiger partial charge >= 0.3 is 0 Å². The SMILES string of the molecule is C=CC(C)C(C)C1CCCOC1. The molecule has 0 radical (unpaired) electrons. The van der Waals surface area contributed by atoms with Gasteiger partial charge in [0.05, 0.1) is 0 Å². The summed E-state index contributed by atoms with van der Waals surface area (Å²) in [5.74, 6) is 2.10. The van der Waals surface area contributed by atoms with Crippen LogP contribution in [-0.4, -0.2) is 13.2 Å². The van der Waals surface area contributed by atoms with Gasteiger partial charge in [0.1, 0.15) is 0 Å². The Balaban J connectivity index is 2.38. The van der Waals surface area contributed by atoms with Crippen molar-refractivity contribution in [3.8, 4) is 0 Å². The van der Waals surface area contributed by atoms with Gasteiger partial charge in [0.25, 0.3) is 0 Å². The highest BCUT2D eigenvalue weighted by atomic mass is 16.5. The average molecular weight is 168 g/mol. The molecule has 0 spiro atoms. The van der Waals surface area contributed by atoms with Crippen LogP contribution in [0.1, 0.15) is 26.7 Å². The summed E-state index contributed by atoms with van der Waals surface area (Å²) in [6, 6.07) is 0. The molecular weight excluding hydrogens is 148 g/mol. The van der Waals surface area contributed by atoms with Gasteiger partial charge in [-0.2, -0.15) is 0 Å². The first-order chi connectivity index (χ1) is 5.75. The first kappa shape index (κ1) is 9.79. The summed E-state index contributed by atoms with van der Waals surface area (Å²) in [5.41, 5.74) is 0. The molecular formula is C11H20O. The van der Waals surface area contributed by atoms with Crippen LogP contribution in [0.25, 0.3) is 0 Å². The van der Waals surface area contributed by atoms with Crippen molar-refractivity contribution in [3.05, 3.63) is 12.7 Å². The van der Waals surface area contributed by atoms with Gasteiger partial charge in [0, 0.05) is 13.2 Å². The second-order valence-electron chi connectivity index (χ2n) is 3.93. The number of allylic oxidation sites excluding steroid dienone is 1. The molecule has 1 nitrogen and oxygen atoms in total. The Kier molecular flexibility index (Phi) is 3.80. The Morgan fingerprint density at radius 1 is 1.50 bits per heavy atom.